The molecule has 0 aliphatic rings. The molecule has 2 aromatic carbocycles. The van der Waals surface area contributed by atoms with Crippen LogP contribution in [0.5, 0.6) is 11.5 Å². The number of amides is 2. The van der Waals surface area contributed by atoms with Crippen molar-refractivity contribution in [3.63, 3.8) is 0 Å². The molecular weight excluding hydrogens is 366 g/mol. The molecule has 0 fully saturated rings. The number of nitrogens with one attached hydrogen (secondary N) is 2. The first kappa shape index (κ1) is 20.6. The molecule has 2 N–H and O–H groups in total. The van der Waals surface area contributed by atoms with Crippen molar-refractivity contribution in [2.24, 2.45) is 5.10 Å². The smallest absolute Gasteiger partial charge is 0.339 e. The minimum Gasteiger partial charge on any atom is -0.494 e. The standard InChI is InChI=1S/C20H24ClN3O3/c1-4-14(3)27-19-11-6-15(12-18(19)21)13-22-24-20(25)23-16-7-9-17(10-8-16)26-5-2/h6-14H,4-5H2,1-3H3,(H2,23,24,25)/b22-13+/t14-/m1/s1. The van der Waals surface area contributed by atoms with Crippen molar-refractivity contribution in [2.45, 2.75) is 33.3 Å². The van der Waals surface area contributed by atoms with Crippen molar-refractivity contribution in [1.82, 2.24) is 5.43 Å². The summed E-state index contributed by atoms with van der Waals surface area (Å²) in [6.45, 7) is 6.54. The molecule has 2 amide bonds. The van der Waals surface area contributed by atoms with E-state index >= 15 is 0 Å². The second kappa shape index (κ2) is 10.4. The lowest BCUT2D eigenvalue weighted by molar-refractivity contribution is 0.217. The van der Waals surface area contributed by atoms with Gasteiger partial charge in [0.05, 0.1) is 23.9 Å². The molecule has 0 saturated carbocycles. The number of anilines is 1. The average molecular weight is 390 g/mol. The van der Waals surface area contributed by atoms with Crippen LogP contribution in [0.4, 0.5) is 10.5 Å². The maximum Gasteiger partial charge on any atom is 0.339 e. The number of hydrazone groups is 1. The van der Waals surface area contributed by atoms with Crippen LogP contribution < -0.4 is 20.2 Å². The highest BCUT2D eigenvalue weighted by atomic mass is 35.5. The molecule has 0 aliphatic carbocycles. The number of nitrogens with zero attached hydrogens (tertiary/aromatic N) is 1. The van der Waals surface area contributed by atoms with E-state index in [2.05, 4.69) is 15.8 Å². The van der Waals surface area contributed by atoms with Crippen LogP contribution in [-0.4, -0.2) is 25.0 Å². The fraction of sp³-hybridized carbons (Fsp3) is 0.300. The molecule has 0 saturated heterocycles. The Morgan fingerprint density at radius 1 is 1.22 bits per heavy atom. The van der Waals surface area contributed by atoms with Gasteiger partial charge in [0.2, 0.25) is 0 Å². The third-order valence-electron chi connectivity index (χ3n) is 3.66. The number of hydrogen-bond acceptors (Lipinski definition) is 4. The number of carbonyl (C=O) groups is 1. The second-order valence-corrected chi connectivity index (χ2v) is 6.22. The Morgan fingerprint density at radius 3 is 2.59 bits per heavy atom. The van der Waals surface area contributed by atoms with Crippen molar-refractivity contribution in [1.29, 1.82) is 0 Å². The first-order valence-corrected chi connectivity index (χ1v) is 9.18. The number of halogens is 1. The summed E-state index contributed by atoms with van der Waals surface area (Å²) >= 11 is 6.22. The van der Waals surface area contributed by atoms with Crippen LogP contribution in [0, 0.1) is 0 Å². The molecule has 0 unspecified atom stereocenters. The highest BCUT2D eigenvalue weighted by molar-refractivity contribution is 6.32. The van der Waals surface area contributed by atoms with Gasteiger partial charge in [-0.15, -0.1) is 0 Å². The van der Waals surface area contributed by atoms with Crippen LogP contribution in [0.1, 0.15) is 32.8 Å². The zero-order chi connectivity index (χ0) is 19.6. The summed E-state index contributed by atoms with van der Waals surface area (Å²) < 4.78 is 11.1. The molecule has 27 heavy (non-hydrogen) atoms. The minimum atomic E-state index is -0.446. The van der Waals surface area contributed by atoms with Crippen LogP contribution in [0.25, 0.3) is 0 Å². The monoisotopic (exact) mass is 389 g/mol. The quantitative estimate of drug-likeness (QED) is 0.489. The Kier molecular flexibility index (Phi) is 7.95. The molecule has 0 radical (unpaired) electrons. The van der Waals surface area contributed by atoms with Gasteiger partial charge in [-0.25, -0.2) is 10.2 Å². The molecule has 6 nitrogen and oxygen atoms in total. The summed E-state index contributed by atoms with van der Waals surface area (Å²) in [4.78, 5) is 11.9. The first-order valence-electron chi connectivity index (χ1n) is 8.81. The Labute approximate surface area is 164 Å². The van der Waals surface area contributed by atoms with E-state index in [0.29, 0.717) is 23.1 Å². The zero-order valence-corrected chi connectivity index (χ0v) is 16.4. The number of urea groups is 1. The SMILES string of the molecule is CCOc1ccc(NC(=O)N/N=C/c2ccc(O[C@H](C)CC)c(Cl)c2)cc1. The molecule has 0 aliphatic heterocycles. The van der Waals surface area contributed by atoms with Gasteiger partial charge < -0.3 is 14.8 Å². The molecule has 0 heterocycles. The van der Waals surface area contributed by atoms with Crippen molar-refractivity contribution in [2.75, 3.05) is 11.9 Å². The number of ether oxygens (including phenoxy) is 2. The summed E-state index contributed by atoms with van der Waals surface area (Å²) in [5, 5.41) is 7.10. The summed E-state index contributed by atoms with van der Waals surface area (Å²) in [5.74, 6) is 1.38. The van der Waals surface area contributed by atoms with Crippen molar-refractivity contribution >= 4 is 29.5 Å². The zero-order valence-electron chi connectivity index (χ0n) is 15.7. The Morgan fingerprint density at radius 2 is 1.96 bits per heavy atom. The molecule has 0 aromatic heterocycles. The highest BCUT2D eigenvalue weighted by Crippen LogP contribution is 2.26. The van der Waals surface area contributed by atoms with Crippen LogP contribution in [0.3, 0.4) is 0 Å². The molecule has 0 spiro atoms. The van der Waals surface area contributed by atoms with E-state index in [9.17, 15) is 4.79 Å². The fourth-order valence-electron chi connectivity index (χ4n) is 2.12. The van der Waals surface area contributed by atoms with Gasteiger partial charge in [0.15, 0.2) is 0 Å². The van der Waals surface area contributed by atoms with Crippen molar-refractivity contribution < 1.29 is 14.3 Å². The van der Waals surface area contributed by atoms with Gasteiger partial charge in [-0.3, -0.25) is 0 Å². The molecule has 0 bridgehead atoms. The van der Waals surface area contributed by atoms with E-state index in [1.165, 1.54) is 6.21 Å². The molecule has 2 rings (SSSR count). The Balaban J connectivity index is 1.87. The molecular formula is C20H24ClN3O3. The normalized spacial score (nSPS) is 11.9. The van der Waals surface area contributed by atoms with Gasteiger partial charge in [-0.1, -0.05) is 18.5 Å². The maximum atomic E-state index is 11.9. The third kappa shape index (κ3) is 6.83. The largest absolute Gasteiger partial charge is 0.494 e. The fourth-order valence-corrected chi connectivity index (χ4v) is 2.35. The molecule has 144 valence electrons. The first-order chi connectivity index (χ1) is 13.0. The molecule has 7 heteroatoms. The lowest BCUT2D eigenvalue weighted by Crippen LogP contribution is -2.24. The van der Waals surface area contributed by atoms with Crippen LogP contribution in [0.2, 0.25) is 5.02 Å². The molecule has 1 atom stereocenters. The summed E-state index contributed by atoms with van der Waals surface area (Å²) in [6, 6.07) is 12.0. The van der Waals surface area contributed by atoms with Gasteiger partial charge in [0.1, 0.15) is 11.5 Å². The predicted octanol–water partition coefficient (Wildman–Crippen LogP) is 5.07. The van der Waals surface area contributed by atoms with E-state index < -0.39 is 6.03 Å². The van der Waals surface area contributed by atoms with Crippen LogP contribution >= 0.6 is 11.6 Å². The summed E-state index contributed by atoms with van der Waals surface area (Å²) in [6.07, 6.45) is 2.50. The highest BCUT2D eigenvalue weighted by Gasteiger charge is 2.06. The summed E-state index contributed by atoms with van der Waals surface area (Å²) in [5.41, 5.74) is 3.80. The Hall–Kier alpha value is -2.73. The lowest BCUT2D eigenvalue weighted by Gasteiger charge is -2.13. The van der Waals surface area contributed by atoms with Gasteiger partial charge in [0.25, 0.3) is 0 Å². The van der Waals surface area contributed by atoms with Gasteiger partial charge in [0, 0.05) is 5.69 Å². The summed E-state index contributed by atoms with van der Waals surface area (Å²) in [7, 11) is 0. The van der Waals surface area contributed by atoms with Gasteiger partial charge >= 0.3 is 6.03 Å². The topological polar surface area (TPSA) is 72.0 Å². The predicted molar refractivity (Wildman–Crippen MR) is 109 cm³/mol. The van der Waals surface area contributed by atoms with E-state index in [4.69, 9.17) is 21.1 Å². The van der Waals surface area contributed by atoms with E-state index in [1.807, 2.05) is 26.8 Å². The Bertz CT molecular complexity index is 779. The number of benzene rings is 2. The minimum absolute atomic E-state index is 0.0926. The van der Waals surface area contributed by atoms with Crippen molar-refractivity contribution in [3.05, 3.63) is 53.1 Å². The number of carbonyl (C=O) groups excluding carboxylic acids is 1. The second-order valence-electron chi connectivity index (χ2n) is 5.81. The lowest BCUT2D eigenvalue weighted by atomic mass is 10.2. The number of rotatable bonds is 8. The van der Waals surface area contributed by atoms with Crippen LogP contribution in [-0.2, 0) is 0 Å². The van der Waals surface area contributed by atoms with E-state index in [0.717, 1.165) is 17.7 Å². The molecule has 2 aromatic rings. The van der Waals surface area contributed by atoms with E-state index in [1.54, 1.807) is 36.4 Å². The van der Waals surface area contributed by atoms with Gasteiger partial charge in [-0.2, -0.15) is 5.10 Å². The van der Waals surface area contributed by atoms with Crippen molar-refractivity contribution in [3.8, 4) is 11.5 Å². The average Bonchev–Trinajstić information content (AvgIpc) is 2.65. The van der Waals surface area contributed by atoms with E-state index in [-0.39, 0.29) is 6.10 Å². The van der Waals surface area contributed by atoms with Gasteiger partial charge in [-0.05, 0) is 68.3 Å². The van der Waals surface area contributed by atoms with Crippen LogP contribution in [0.15, 0.2) is 47.6 Å². The maximum absolute atomic E-state index is 11.9. The third-order valence-corrected chi connectivity index (χ3v) is 3.96. The number of hydrogen-bond donors (Lipinski definition) is 2.